The molecule has 0 radical (unpaired) electrons. The zero-order valence-corrected chi connectivity index (χ0v) is 22.6. The Labute approximate surface area is 231 Å². The van der Waals surface area contributed by atoms with Gasteiger partial charge >= 0.3 is 5.97 Å². The Morgan fingerprint density at radius 1 is 0.950 bits per heavy atom. The van der Waals surface area contributed by atoms with E-state index >= 15 is 0 Å². The molecule has 0 saturated heterocycles. The van der Waals surface area contributed by atoms with Crippen LogP contribution in [0.4, 0.5) is 0 Å². The van der Waals surface area contributed by atoms with Gasteiger partial charge in [-0.2, -0.15) is 0 Å². The molecule has 2 aromatic heterocycles. The second kappa shape index (κ2) is 15.8. The number of carboxylic acids is 1. The number of guanidine groups is 1. The van der Waals surface area contributed by atoms with Gasteiger partial charge in [-0.15, -0.1) is 0 Å². The van der Waals surface area contributed by atoms with Crippen molar-refractivity contribution in [2.24, 2.45) is 28.1 Å². The normalized spacial score (nSPS) is 14.7. The maximum atomic E-state index is 13.4. The number of hydrogen-bond donors (Lipinski definition) is 9. The van der Waals surface area contributed by atoms with Crippen molar-refractivity contribution in [2.45, 2.75) is 70.1 Å². The lowest BCUT2D eigenvalue weighted by Crippen LogP contribution is -2.58. The van der Waals surface area contributed by atoms with Crippen LogP contribution in [0.1, 0.15) is 44.5 Å². The first kappa shape index (κ1) is 31.7. The second-order valence-electron chi connectivity index (χ2n) is 9.45. The third-order valence-electron chi connectivity index (χ3n) is 6.30. The van der Waals surface area contributed by atoms with E-state index in [0.29, 0.717) is 30.8 Å². The van der Waals surface area contributed by atoms with Gasteiger partial charge in [-0.3, -0.25) is 19.4 Å². The minimum Gasteiger partial charge on any atom is -0.480 e. The molecular weight excluding hydrogens is 522 g/mol. The Hall–Kier alpha value is -4.47. The van der Waals surface area contributed by atoms with Gasteiger partial charge < -0.3 is 48.2 Å². The molecule has 220 valence electrons. The minimum atomic E-state index is -1.19. The molecule has 0 bridgehead atoms. The first-order valence-corrected chi connectivity index (χ1v) is 12.9. The van der Waals surface area contributed by atoms with Crippen LogP contribution in [0.2, 0.25) is 0 Å². The lowest BCUT2D eigenvalue weighted by molar-refractivity contribution is -0.143. The van der Waals surface area contributed by atoms with Crippen molar-refractivity contribution in [3.8, 4) is 0 Å². The summed E-state index contributed by atoms with van der Waals surface area (Å²) in [5, 5.41) is 17.4. The Morgan fingerprint density at radius 3 is 1.93 bits per heavy atom. The van der Waals surface area contributed by atoms with E-state index in [9.17, 15) is 24.3 Å². The molecular formula is C24H39N11O5. The van der Waals surface area contributed by atoms with Crippen LogP contribution in [0, 0.1) is 5.92 Å². The number of imidazole rings is 2. The number of carboxylic acid groups (broad SMARTS) is 1. The van der Waals surface area contributed by atoms with Gasteiger partial charge in [0.1, 0.15) is 18.1 Å². The largest absolute Gasteiger partial charge is 0.480 e. The van der Waals surface area contributed by atoms with Gasteiger partial charge in [0, 0.05) is 43.2 Å². The van der Waals surface area contributed by atoms with Crippen LogP contribution >= 0.6 is 0 Å². The van der Waals surface area contributed by atoms with Crippen LogP contribution in [-0.4, -0.2) is 85.4 Å². The van der Waals surface area contributed by atoms with Gasteiger partial charge in [0.15, 0.2) is 5.96 Å². The summed E-state index contributed by atoms with van der Waals surface area (Å²) >= 11 is 0. The Balaban J connectivity index is 2.20. The molecule has 2 aromatic rings. The highest BCUT2D eigenvalue weighted by atomic mass is 16.4. The maximum absolute atomic E-state index is 13.4. The molecule has 0 aromatic carbocycles. The fraction of sp³-hybridized carbons (Fsp3) is 0.542. The summed E-state index contributed by atoms with van der Waals surface area (Å²) in [5.41, 5.74) is 17.7. The number of nitrogens with two attached hydrogens (primary N) is 3. The Bertz CT molecular complexity index is 1120. The van der Waals surface area contributed by atoms with Crippen molar-refractivity contribution in [1.82, 2.24) is 35.9 Å². The van der Waals surface area contributed by atoms with E-state index in [1.165, 1.54) is 25.0 Å². The summed E-state index contributed by atoms with van der Waals surface area (Å²) < 4.78 is 0. The minimum absolute atomic E-state index is 0.000548. The summed E-state index contributed by atoms with van der Waals surface area (Å²) in [7, 11) is 0. The van der Waals surface area contributed by atoms with Crippen LogP contribution in [0.15, 0.2) is 30.0 Å². The highest BCUT2D eigenvalue weighted by molar-refractivity contribution is 5.94. The number of aromatic nitrogens is 4. The zero-order valence-electron chi connectivity index (χ0n) is 22.6. The van der Waals surface area contributed by atoms with Crippen LogP contribution in [0.3, 0.4) is 0 Å². The van der Waals surface area contributed by atoms with Gasteiger partial charge in [-0.1, -0.05) is 20.3 Å². The van der Waals surface area contributed by atoms with Crippen molar-refractivity contribution in [3.05, 3.63) is 36.4 Å². The van der Waals surface area contributed by atoms with Gasteiger partial charge in [-0.05, 0) is 18.8 Å². The van der Waals surface area contributed by atoms with Crippen molar-refractivity contribution in [3.63, 3.8) is 0 Å². The average Bonchev–Trinajstić information content (AvgIpc) is 3.62. The van der Waals surface area contributed by atoms with E-state index in [-0.39, 0.29) is 31.1 Å². The predicted octanol–water partition coefficient (Wildman–Crippen LogP) is -2.12. The number of rotatable bonds is 17. The number of amides is 3. The molecule has 0 saturated carbocycles. The number of aliphatic imine (C=N–C) groups is 1. The molecule has 0 aliphatic rings. The monoisotopic (exact) mass is 561 g/mol. The third kappa shape index (κ3) is 10.4. The van der Waals surface area contributed by atoms with Crippen molar-refractivity contribution in [1.29, 1.82) is 0 Å². The molecule has 0 fully saturated rings. The van der Waals surface area contributed by atoms with Gasteiger partial charge in [0.25, 0.3) is 0 Å². The number of carbonyl (C=O) groups is 4. The summed E-state index contributed by atoms with van der Waals surface area (Å²) in [4.78, 5) is 68.8. The number of nitrogens with zero attached hydrogens (tertiary/aromatic N) is 3. The first-order chi connectivity index (χ1) is 19.0. The van der Waals surface area contributed by atoms with Crippen molar-refractivity contribution in [2.75, 3.05) is 6.54 Å². The van der Waals surface area contributed by atoms with Gasteiger partial charge in [-0.25, -0.2) is 14.8 Å². The van der Waals surface area contributed by atoms with E-state index in [0.717, 1.165) is 0 Å². The molecule has 0 aliphatic heterocycles. The fourth-order valence-electron chi connectivity index (χ4n) is 3.79. The summed E-state index contributed by atoms with van der Waals surface area (Å²) in [6, 6.07) is -4.40. The standard InChI is InChI=1S/C24H39N11O5/c1-3-13(2)19(23(39)40)35-22(38)18(8-15-10-29-12-32-15)34-21(37)17(7-14-9-28-11-31-14)33-20(36)16(25)5-4-6-30-24(26)27/h9-13,16-19H,3-8,25H2,1-2H3,(H,28,31)(H,29,32)(H,33,36)(H,34,37)(H,35,38)(H,39,40)(H4,26,27,30). The lowest BCUT2D eigenvalue weighted by atomic mass is 9.98. The lowest BCUT2D eigenvalue weighted by Gasteiger charge is -2.26. The molecule has 16 nitrogen and oxygen atoms in total. The SMILES string of the molecule is CCC(C)C(NC(=O)C(Cc1cnc[nH]1)NC(=O)C(Cc1cnc[nH]1)NC(=O)C(N)CCCN=C(N)N)C(=O)O. The van der Waals surface area contributed by atoms with Crippen LogP contribution in [-0.2, 0) is 32.0 Å². The number of hydrogen-bond acceptors (Lipinski definition) is 8. The highest BCUT2D eigenvalue weighted by Crippen LogP contribution is 2.10. The number of aliphatic carboxylic acids is 1. The maximum Gasteiger partial charge on any atom is 0.326 e. The third-order valence-corrected chi connectivity index (χ3v) is 6.30. The van der Waals surface area contributed by atoms with E-state index < -0.39 is 47.9 Å². The van der Waals surface area contributed by atoms with Crippen LogP contribution < -0.4 is 33.2 Å². The van der Waals surface area contributed by atoms with E-state index in [1.54, 1.807) is 6.92 Å². The smallest absolute Gasteiger partial charge is 0.326 e. The molecule has 0 spiro atoms. The molecule has 40 heavy (non-hydrogen) atoms. The Morgan fingerprint density at radius 2 is 1.48 bits per heavy atom. The van der Waals surface area contributed by atoms with Crippen LogP contribution in [0.5, 0.6) is 0 Å². The predicted molar refractivity (Wildman–Crippen MR) is 145 cm³/mol. The fourth-order valence-corrected chi connectivity index (χ4v) is 3.79. The van der Waals surface area contributed by atoms with Crippen molar-refractivity contribution < 1.29 is 24.3 Å². The topological polar surface area (TPSA) is 272 Å². The quantitative estimate of drug-likeness (QED) is 0.0575. The second-order valence-corrected chi connectivity index (χ2v) is 9.45. The first-order valence-electron chi connectivity index (χ1n) is 12.9. The number of H-pyrrole nitrogens is 2. The van der Waals surface area contributed by atoms with Crippen molar-refractivity contribution >= 4 is 29.7 Å². The number of carbonyl (C=O) groups excluding carboxylic acids is 3. The van der Waals surface area contributed by atoms with E-state index in [2.05, 4.69) is 40.9 Å². The summed E-state index contributed by atoms with van der Waals surface area (Å²) in [6.45, 7) is 3.81. The van der Waals surface area contributed by atoms with E-state index in [4.69, 9.17) is 17.2 Å². The Kier molecular flexibility index (Phi) is 12.6. The highest BCUT2D eigenvalue weighted by Gasteiger charge is 2.32. The molecule has 5 atom stereocenters. The number of aromatic amines is 2. The molecule has 2 rings (SSSR count). The van der Waals surface area contributed by atoms with Crippen LogP contribution in [0.25, 0.3) is 0 Å². The molecule has 0 aliphatic carbocycles. The summed E-state index contributed by atoms with van der Waals surface area (Å²) in [5.74, 6) is -3.56. The zero-order chi connectivity index (χ0) is 29.7. The molecule has 5 unspecified atom stereocenters. The number of nitrogens with one attached hydrogen (secondary N) is 5. The molecule has 16 heteroatoms. The molecule has 3 amide bonds. The average molecular weight is 562 g/mol. The summed E-state index contributed by atoms with van der Waals surface area (Å²) in [6.07, 6.45) is 7.08. The molecule has 2 heterocycles. The molecule has 12 N–H and O–H groups in total. The van der Waals surface area contributed by atoms with E-state index in [1.807, 2.05) is 6.92 Å². The van der Waals surface area contributed by atoms with Gasteiger partial charge in [0.2, 0.25) is 17.7 Å². The van der Waals surface area contributed by atoms with Gasteiger partial charge in [0.05, 0.1) is 18.7 Å².